The lowest BCUT2D eigenvalue weighted by Gasteiger charge is -2.33. The van der Waals surface area contributed by atoms with E-state index >= 15 is 0 Å². The van der Waals surface area contributed by atoms with Gasteiger partial charge < -0.3 is 19.7 Å². The first-order chi connectivity index (χ1) is 20.6. The summed E-state index contributed by atoms with van der Waals surface area (Å²) in [5.74, 6) is 0.339. The van der Waals surface area contributed by atoms with E-state index in [9.17, 15) is 18.0 Å². The van der Waals surface area contributed by atoms with Crippen molar-refractivity contribution in [3.63, 3.8) is 0 Å². The molecule has 3 aromatic carbocycles. The monoisotopic (exact) mass is 607 g/mol. The molecular formula is C33H41N3O6S. The number of carbonyl (C=O) groups is 2. The number of methoxy groups -OCH3 is 2. The van der Waals surface area contributed by atoms with Crippen LogP contribution in [0.5, 0.6) is 11.5 Å². The van der Waals surface area contributed by atoms with Crippen molar-refractivity contribution >= 4 is 27.5 Å². The van der Waals surface area contributed by atoms with Gasteiger partial charge in [0, 0.05) is 18.7 Å². The second kappa shape index (κ2) is 14.4. The molecule has 1 unspecified atom stereocenters. The summed E-state index contributed by atoms with van der Waals surface area (Å²) >= 11 is 0. The number of amides is 2. The van der Waals surface area contributed by atoms with E-state index in [0.717, 1.165) is 47.5 Å². The van der Waals surface area contributed by atoms with E-state index in [1.165, 1.54) is 24.1 Å². The summed E-state index contributed by atoms with van der Waals surface area (Å²) in [5, 5.41) is 3.12. The van der Waals surface area contributed by atoms with E-state index in [0.29, 0.717) is 11.5 Å². The predicted molar refractivity (Wildman–Crippen MR) is 167 cm³/mol. The highest BCUT2D eigenvalue weighted by atomic mass is 32.2. The van der Waals surface area contributed by atoms with Crippen LogP contribution in [0.4, 0.5) is 5.69 Å². The summed E-state index contributed by atoms with van der Waals surface area (Å²) in [7, 11) is -1.10. The van der Waals surface area contributed by atoms with Gasteiger partial charge in [0.1, 0.15) is 24.1 Å². The maximum Gasteiger partial charge on any atom is 0.264 e. The van der Waals surface area contributed by atoms with Crippen LogP contribution in [-0.4, -0.2) is 58.0 Å². The highest BCUT2D eigenvalue weighted by Gasteiger charge is 2.33. The summed E-state index contributed by atoms with van der Waals surface area (Å²) < 4.78 is 39.7. The van der Waals surface area contributed by atoms with Crippen molar-refractivity contribution in [3.05, 3.63) is 83.9 Å². The van der Waals surface area contributed by atoms with Gasteiger partial charge in [-0.25, -0.2) is 8.42 Å². The first kappa shape index (κ1) is 31.9. The molecule has 1 aliphatic rings. The smallest absolute Gasteiger partial charge is 0.264 e. The number of benzene rings is 3. The summed E-state index contributed by atoms with van der Waals surface area (Å²) in [6.07, 6.45) is 5.08. The minimum Gasteiger partial charge on any atom is -0.497 e. The van der Waals surface area contributed by atoms with Gasteiger partial charge in [-0.15, -0.1) is 0 Å². The molecule has 1 fully saturated rings. The van der Waals surface area contributed by atoms with Crippen LogP contribution in [0, 0.1) is 6.92 Å². The summed E-state index contributed by atoms with van der Waals surface area (Å²) in [5.41, 5.74) is 1.96. The molecule has 43 heavy (non-hydrogen) atoms. The molecule has 0 aliphatic heterocycles. The summed E-state index contributed by atoms with van der Waals surface area (Å²) in [4.78, 5) is 29.1. The Balaban J connectivity index is 1.68. The Morgan fingerprint density at radius 3 is 2.19 bits per heavy atom. The van der Waals surface area contributed by atoms with Crippen molar-refractivity contribution in [2.24, 2.45) is 0 Å². The second-order valence-electron chi connectivity index (χ2n) is 10.9. The van der Waals surface area contributed by atoms with Crippen LogP contribution in [0.2, 0.25) is 0 Å². The Hall–Kier alpha value is -4.05. The lowest BCUT2D eigenvalue weighted by atomic mass is 9.95. The Labute approximate surface area is 254 Å². The van der Waals surface area contributed by atoms with E-state index < -0.39 is 28.5 Å². The first-order valence-corrected chi connectivity index (χ1v) is 16.0. The molecule has 0 heterocycles. The number of hydrogen-bond acceptors (Lipinski definition) is 6. The van der Waals surface area contributed by atoms with Crippen LogP contribution in [-0.2, 0) is 26.2 Å². The second-order valence-corrected chi connectivity index (χ2v) is 12.8. The SMILES string of the molecule is COc1ccc(CN(C(=O)CN(c2cccc(OC)c2)S(=O)(=O)c2ccc(C)cc2)C(C)C(=O)NC2CCCCC2)cc1. The van der Waals surface area contributed by atoms with E-state index in [-0.39, 0.29) is 29.1 Å². The van der Waals surface area contributed by atoms with Crippen LogP contribution in [0.1, 0.15) is 50.2 Å². The molecule has 0 spiro atoms. The molecular weight excluding hydrogens is 566 g/mol. The fraction of sp³-hybridized carbons (Fsp3) is 0.394. The zero-order valence-corrected chi connectivity index (χ0v) is 26.1. The van der Waals surface area contributed by atoms with Gasteiger partial charge in [0.25, 0.3) is 10.0 Å². The lowest BCUT2D eigenvalue weighted by molar-refractivity contribution is -0.139. The normalized spacial score (nSPS) is 14.4. The molecule has 2 amide bonds. The third-order valence-corrected chi connectivity index (χ3v) is 9.65. The zero-order valence-electron chi connectivity index (χ0n) is 25.3. The van der Waals surface area contributed by atoms with Gasteiger partial charge in [0.05, 0.1) is 24.8 Å². The Morgan fingerprint density at radius 1 is 0.907 bits per heavy atom. The molecule has 4 rings (SSSR count). The minimum absolute atomic E-state index is 0.0542. The highest BCUT2D eigenvalue weighted by molar-refractivity contribution is 7.92. The average molecular weight is 608 g/mol. The van der Waals surface area contributed by atoms with Gasteiger partial charge in [0.2, 0.25) is 11.8 Å². The van der Waals surface area contributed by atoms with E-state index in [2.05, 4.69) is 5.32 Å². The van der Waals surface area contributed by atoms with Crippen molar-refractivity contribution < 1.29 is 27.5 Å². The number of hydrogen-bond donors (Lipinski definition) is 1. The molecule has 0 bridgehead atoms. The van der Waals surface area contributed by atoms with E-state index in [1.54, 1.807) is 62.6 Å². The molecule has 230 valence electrons. The van der Waals surface area contributed by atoms with Gasteiger partial charge in [-0.2, -0.15) is 0 Å². The summed E-state index contributed by atoms with van der Waals surface area (Å²) in [6.45, 7) is 3.15. The van der Waals surface area contributed by atoms with Crippen LogP contribution in [0.3, 0.4) is 0 Å². The van der Waals surface area contributed by atoms with Gasteiger partial charge in [0.15, 0.2) is 0 Å². The van der Waals surface area contributed by atoms with Crippen LogP contribution in [0.25, 0.3) is 0 Å². The minimum atomic E-state index is -4.16. The van der Waals surface area contributed by atoms with Gasteiger partial charge >= 0.3 is 0 Å². The third-order valence-electron chi connectivity index (χ3n) is 7.86. The quantitative estimate of drug-likeness (QED) is 0.308. The Kier molecular flexibility index (Phi) is 10.7. The number of nitrogens with one attached hydrogen (secondary N) is 1. The Morgan fingerprint density at radius 2 is 1.56 bits per heavy atom. The number of carbonyl (C=O) groups excluding carboxylic acids is 2. The molecule has 0 radical (unpaired) electrons. The molecule has 0 aromatic heterocycles. The van der Waals surface area contributed by atoms with Gasteiger partial charge in [-0.05, 0) is 68.7 Å². The summed E-state index contributed by atoms with van der Waals surface area (Å²) in [6, 6.07) is 19.5. The molecule has 3 aromatic rings. The number of anilines is 1. The van der Waals surface area contributed by atoms with Gasteiger partial charge in [-0.1, -0.05) is 55.2 Å². The number of nitrogens with zero attached hydrogens (tertiary/aromatic N) is 2. The lowest BCUT2D eigenvalue weighted by Crippen LogP contribution is -2.53. The number of aryl methyl sites for hydroxylation is 1. The standard InChI is InChI=1S/C33H41N3O6S/c1-24-13-19-31(20-14-24)43(39,40)36(28-11-8-12-30(21-28)42-4)23-32(37)35(22-26-15-17-29(41-3)18-16-26)25(2)33(38)34-27-9-6-5-7-10-27/h8,11-21,25,27H,5-7,9-10,22-23H2,1-4H3,(H,34,38). The van der Waals surface area contributed by atoms with E-state index in [4.69, 9.17) is 9.47 Å². The topological polar surface area (TPSA) is 105 Å². The van der Waals surface area contributed by atoms with Crippen molar-refractivity contribution in [1.82, 2.24) is 10.2 Å². The van der Waals surface area contributed by atoms with Crippen LogP contribution in [0.15, 0.2) is 77.7 Å². The molecule has 1 N–H and O–H groups in total. The molecule has 10 heteroatoms. The number of ether oxygens (including phenoxy) is 2. The molecule has 1 saturated carbocycles. The van der Waals surface area contributed by atoms with Crippen molar-refractivity contribution in [3.8, 4) is 11.5 Å². The molecule has 0 saturated heterocycles. The number of sulfonamides is 1. The fourth-order valence-corrected chi connectivity index (χ4v) is 6.62. The van der Waals surface area contributed by atoms with Gasteiger partial charge in [-0.3, -0.25) is 13.9 Å². The fourth-order valence-electron chi connectivity index (χ4n) is 5.21. The number of rotatable bonds is 12. The average Bonchev–Trinajstić information content (AvgIpc) is 3.03. The zero-order chi connectivity index (χ0) is 31.0. The van der Waals surface area contributed by atoms with Crippen molar-refractivity contribution in [2.75, 3.05) is 25.1 Å². The largest absolute Gasteiger partial charge is 0.497 e. The third kappa shape index (κ3) is 8.07. The van der Waals surface area contributed by atoms with Crippen LogP contribution < -0.4 is 19.1 Å². The van der Waals surface area contributed by atoms with Crippen molar-refractivity contribution in [1.29, 1.82) is 0 Å². The first-order valence-electron chi connectivity index (χ1n) is 14.6. The maximum atomic E-state index is 14.2. The highest BCUT2D eigenvalue weighted by Crippen LogP contribution is 2.28. The van der Waals surface area contributed by atoms with Crippen molar-refractivity contribution in [2.45, 2.75) is 69.5 Å². The van der Waals surface area contributed by atoms with E-state index in [1.807, 2.05) is 19.1 Å². The molecule has 1 aliphatic carbocycles. The maximum absolute atomic E-state index is 14.2. The molecule has 9 nitrogen and oxygen atoms in total. The Bertz CT molecular complexity index is 1490. The predicted octanol–water partition coefficient (Wildman–Crippen LogP) is 5.07. The molecule has 1 atom stereocenters. The van der Waals surface area contributed by atoms with Crippen LogP contribution >= 0.6 is 0 Å².